The molecule has 1 N–H and O–H groups in total. The highest BCUT2D eigenvalue weighted by atomic mass is 16.4. The zero-order valence-corrected chi connectivity index (χ0v) is 14.7. The summed E-state index contributed by atoms with van der Waals surface area (Å²) >= 11 is 0. The van der Waals surface area contributed by atoms with Crippen molar-refractivity contribution in [2.75, 3.05) is 0 Å². The van der Waals surface area contributed by atoms with Crippen LogP contribution in [0.25, 0.3) is 10.8 Å². The number of carboxylic acid groups (broad SMARTS) is 1. The number of carboxylic acids is 1. The summed E-state index contributed by atoms with van der Waals surface area (Å²) in [5, 5.41) is 11.7. The van der Waals surface area contributed by atoms with Crippen molar-refractivity contribution in [2.45, 2.75) is 53.4 Å². The molecule has 0 aliphatic carbocycles. The number of rotatable bonds is 7. The lowest BCUT2D eigenvalue weighted by atomic mass is 9.90. The molecule has 2 aromatic rings. The molecule has 124 valence electrons. The maximum absolute atomic E-state index is 11.4. The number of carbonyl (C=O) groups is 1. The summed E-state index contributed by atoms with van der Waals surface area (Å²) in [5.41, 5.74) is 2.94. The number of fused-ring (bicyclic) bond motifs is 1. The molecule has 0 bridgehead atoms. The van der Waals surface area contributed by atoms with E-state index < -0.39 is 5.97 Å². The molecule has 0 aromatic heterocycles. The Morgan fingerprint density at radius 1 is 0.957 bits per heavy atom. The van der Waals surface area contributed by atoms with Gasteiger partial charge in [0.2, 0.25) is 0 Å². The second-order valence-electron chi connectivity index (χ2n) is 7.32. The third-order valence-electron chi connectivity index (χ3n) is 4.37. The van der Waals surface area contributed by atoms with Crippen LogP contribution in [-0.2, 0) is 12.8 Å². The number of benzene rings is 2. The van der Waals surface area contributed by atoms with Crippen LogP contribution in [-0.4, -0.2) is 11.1 Å². The van der Waals surface area contributed by atoms with Gasteiger partial charge in [-0.25, -0.2) is 4.79 Å². The summed E-state index contributed by atoms with van der Waals surface area (Å²) < 4.78 is 0. The van der Waals surface area contributed by atoms with Crippen molar-refractivity contribution in [1.82, 2.24) is 0 Å². The number of aromatic carboxylic acids is 1. The fourth-order valence-corrected chi connectivity index (χ4v) is 3.02. The van der Waals surface area contributed by atoms with Gasteiger partial charge >= 0.3 is 5.97 Å². The fourth-order valence-electron chi connectivity index (χ4n) is 3.02. The van der Waals surface area contributed by atoms with Crippen LogP contribution in [0.1, 0.15) is 62.0 Å². The average Bonchev–Trinajstić information content (AvgIpc) is 2.49. The van der Waals surface area contributed by atoms with E-state index in [-0.39, 0.29) is 0 Å². The molecule has 2 heteroatoms. The molecule has 0 radical (unpaired) electrons. The van der Waals surface area contributed by atoms with Crippen LogP contribution < -0.4 is 0 Å². The van der Waals surface area contributed by atoms with Crippen LogP contribution >= 0.6 is 0 Å². The first-order valence-corrected chi connectivity index (χ1v) is 8.66. The summed E-state index contributed by atoms with van der Waals surface area (Å²) in [4.78, 5) is 11.4. The Hall–Kier alpha value is -1.83. The van der Waals surface area contributed by atoms with Crippen molar-refractivity contribution in [3.63, 3.8) is 0 Å². The van der Waals surface area contributed by atoms with Crippen molar-refractivity contribution in [1.29, 1.82) is 0 Å². The van der Waals surface area contributed by atoms with E-state index in [1.54, 1.807) is 0 Å². The van der Waals surface area contributed by atoms with Gasteiger partial charge in [-0.1, -0.05) is 45.9 Å². The first kappa shape index (κ1) is 17.5. The summed E-state index contributed by atoms with van der Waals surface area (Å²) in [7, 11) is 0. The third kappa shape index (κ3) is 4.57. The minimum atomic E-state index is -0.842. The highest BCUT2D eigenvalue weighted by Gasteiger charge is 2.13. The predicted octanol–water partition coefficient (Wildman–Crippen LogP) is 5.72. The standard InChI is InChI=1S/C21H28O2/c1-14(2)8-10-16-6-5-7-17-12-19(21(22)23)13-18(20(16)17)11-9-15(3)4/h5-7,12-15H,8-11H2,1-4H3,(H,22,23). The van der Waals surface area contributed by atoms with E-state index in [2.05, 4.69) is 39.8 Å². The topological polar surface area (TPSA) is 37.3 Å². The van der Waals surface area contributed by atoms with Gasteiger partial charge in [-0.15, -0.1) is 0 Å². The van der Waals surface area contributed by atoms with E-state index in [4.69, 9.17) is 0 Å². The first-order chi connectivity index (χ1) is 10.9. The van der Waals surface area contributed by atoms with Crippen molar-refractivity contribution < 1.29 is 9.90 Å². The molecule has 0 unspecified atom stereocenters. The molecule has 23 heavy (non-hydrogen) atoms. The molecule has 0 atom stereocenters. The van der Waals surface area contributed by atoms with Crippen molar-refractivity contribution >= 4 is 16.7 Å². The van der Waals surface area contributed by atoms with Gasteiger partial charge in [-0.3, -0.25) is 0 Å². The lowest BCUT2D eigenvalue weighted by Crippen LogP contribution is -2.02. The van der Waals surface area contributed by atoms with Crippen molar-refractivity contribution in [3.8, 4) is 0 Å². The lowest BCUT2D eigenvalue weighted by molar-refractivity contribution is 0.0697. The molecule has 0 aliphatic rings. The van der Waals surface area contributed by atoms with Crippen LogP contribution in [0.5, 0.6) is 0 Å². The summed E-state index contributed by atoms with van der Waals surface area (Å²) in [5.74, 6) is 0.439. The molecule has 0 fully saturated rings. The summed E-state index contributed by atoms with van der Waals surface area (Å²) in [6.45, 7) is 8.91. The van der Waals surface area contributed by atoms with Crippen molar-refractivity contribution in [3.05, 3.63) is 47.0 Å². The quantitative estimate of drug-likeness (QED) is 0.710. The van der Waals surface area contributed by atoms with Gasteiger partial charge in [0, 0.05) is 0 Å². The molecule has 0 aliphatic heterocycles. The molecule has 2 aromatic carbocycles. The van der Waals surface area contributed by atoms with Gasteiger partial charge < -0.3 is 5.11 Å². The second kappa shape index (κ2) is 7.63. The summed E-state index contributed by atoms with van der Waals surface area (Å²) in [6.07, 6.45) is 4.23. The van der Waals surface area contributed by atoms with Crippen LogP contribution in [0, 0.1) is 11.8 Å². The third-order valence-corrected chi connectivity index (χ3v) is 4.37. The Morgan fingerprint density at radius 2 is 1.57 bits per heavy atom. The Bertz CT molecular complexity index is 684. The number of aryl methyl sites for hydroxylation is 2. The monoisotopic (exact) mass is 312 g/mol. The number of hydrogen-bond donors (Lipinski definition) is 1. The normalized spacial score (nSPS) is 11.6. The molecular weight excluding hydrogens is 284 g/mol. The van der Waals surface area contributed by atoms with Gasteiger partial charge in [0.05, 0.1) is 5.56 Å². The molecular formula is C21H28O2. The van der Waals surface area contributed by atoms with Gasteiger partial charge in [0.25, 0.3) is 0 Å². The van der Waals surface area contributed by atoms with Crippen LogP contribution in [0.2, 0.25) is 0 Å². The van der Waals surface area contributed by atoms with E-state index in [0.717, 1.165) is 31.1 Å². The second-order valence-corrected chi connectivity index (χ2v) is 7.32. The lowest BCUT2D eigenvalue weighted by Gasteiger charge is -2.15. The van der Waals surface area contributed by atoms with E-state index in [9.17, 15) is 9.90 Å². The van der Waals surface area contributed by atoms with Gasteiger partial charge in [-0.2, -0.15) is 0 Å². The van der Waals surface area contributed by atoms with E-state index in [1.807, 2.05) is 18.2 Å². The Morgan fingerprint density at radius 3 is 2.13 bits per heavy atom. The Labute approximate surface area is 139 Å². The molecule has 0 saturated carbocycles. The van der Waals surface area contributed by atoms with E-state index >= 15 is 0 Å². The average molecular weight is 312 g/mol. The molecule has 2 rings (SSSR count). The fraction of sp³-hybridized carbons (Fsp3) is 0.476. The van der Waals surface area contributed by atoms with Gasteiger partial charge in [0.1, 0.15) is 0 Å². The maximum Gasteiger partial charge on any atom is 0.335 e. The van der Waals surface area contributed by atoms with E-state index in [1.165, 1.54) is 16.5 Å². The minimum Gasteiger partial charge on any atom is -0.478 e. The zero-order valence-electron chi connectivity index (χ0n) is 14.7. The molecule has 2 nitrogen and oxygen atoms in total. The smallest absolute Gasteiger partial charge is 0.335 e. The Balaban J connectivity index is 2.53. The zero-order chi connectivity index (χ0) is 17.0. The summed E-state index contributed by atoms with van der Waals surface area (Å²) in [6, 6.07) is 9.99. The Kier molecular flexibility index (Phi) is 5.81. The van der Waals surface area contributed by atoms with Gasteiger partial charge in [0.15, 0.2) is 0 Å². The predicted molar refractivity (Wildman–Crippen MR) is 97.2 cm³/mol. The van der Waals surface area contributed by atoms with Gasteiger partial charge in [-0.05, 0) is 71.6 Å². The largest absolute Gasteiger partial charge is 0.478 e. The molecule has 0 saturated heterocycles. The molecule has 0 spiro atoms. The number of hydrogen-bond acceptors (Lipinski definition) is 1. The first-order valence-electron chi connectivity index (χ1n) is 8.66. The van der Waals surface area contributed by atoms with Crippen molar-refractivity contribution in [2.24, 2.45) is 11.8 Å². The highest BCUT2D eigenvalue weighted by Crippen LogP contribution is 2.28. The highest BCUT2D eigenvalue weighted by molar-refractivity contribution is 5.97. The molecule has 0 heterocycles. The van der Waals surface area contributed by atoms with Crippen LogP contribution in [0.15, 0.2) is 30.3 Å². The SMILES string of the molecule is CC(C)CCc1cccc2cc(C(=O)O)cc(CCC(C)C)c12. The minimum absolute atomic E-state index is 0.400. The molecule has 0 amide bonds. The van der Waals surface area contributed by atoms with E-state index in [0.29, 0.717) is 17.4 Å². The van der Waals surface area contributed by atoms with Crippen LogP contribution in [0.3, 0.4) is 0 Å². The van der Waals surface area contributed by atoms with Crippen LogP contribution in [0.4, 0.5) is 0 Å². The maximum atomic E-state index is 11.4.